The summed E-state index contributed by atoms with van der Waals surface area (Å²) >= 11 is 1.57. The van der Waals surface area contributed by atoms with E-state index >= 15 is 0 Å². The Kier molecular flexibility index (Phi) is 8.98. The number of nitrogens with zero attached hydrogens (tertiary/aromatic N) is 1. The highest BCUT2D eigenvalue weighted by atomic mass is 32.1. The van der Waals surface area contributed by atoms with Crippen molar-refractivity contribution in [3.63, 3.8) is 0 Å². The number of rotatable bonds is 11. The SMILES string of the molecule is CCCOCCCNc1nc(CCC(=O)OCC)cs1. The summed E-state index contributed by atoms with van der Waals surface area (Å²) in [4.78, 5) is 15.7. The molecule has 0 aromatic carbocycles. The van der Waals surface area contributed by atoms with Crippen molar-refractivity contribution in [1.82, 2.24) is 4.98 Å². The van der Waals surface area contributed by atoms with Gasteiger partial charge in [-0.05, 0) is 19.8 Å². The zero-order valence-electron chi connectivity index (χ0n) is 12.3. The van der Waals surface area contributed by atoms with Gasteiger partial charge < -0.3 is 14.8 Å². The summed E-state index contributed by atoms with van der Waals surface area (Å²) in [6.45, 7) is 6.81. The Morgan fingerprint density at radius 1 is 1.40 bits per heavy atom. The molecule has 0 aliphatic carbocycles. The zero-order valence-corrected chi connectivity index (χ0v) is 13.1. The summed E-state index contributed by atoms with van der Waals surface area (Å²) in [5.41, 5.74) is 0.938. The maximum atomic E-state index is 11.2. The van der Waals surface area contributed by atoms with Crippen LogP contribution in [0.2, 0.25) is 0 Å². The molecular formula is C14H24N2O3S. The number of hydrogen-bond donors (Lipinski definition) is 1. The van der Waals surface area contributed by atoms with Gasteiger partial charge in [0, 0.05) is 31.6 Å². The van der Waals surface area contributed by atoms with E-state index in [4.69, 9.17) is 9.47 Å². The Morgan fingerprint density at radius 2 is 2.25 bits per heavy atom. The van der Waals surface area contributed by atoms with Crippen LogP contribution in [0.15, 0.2) is 5.38 Å². The summed E-state index contributed by atoms with van der Waals surface area (Å²) in [5.74, 6) is -0.164. The lowest BCUT2D eigenvalue weighted by atomic mass is 10.2. The van der Waals surface area contributed by atoms with Crippen molar-refractivity contribution in [3.05, 3.63) is 11.1 Å². The van der Waals surface area contributed by atoms with Gasteiger partial charge >= 0.3 is 5.97 Å². The van der Waals surface area contributed by atoms with Crippen LogP contribution in [0, 0.1) is 0 Å². The van der Waals surface area contributed by atoms with E-state index in [2.05, 4.69) is 17.2 Å². The first-order valence-corrected chi connectivity index (χ1v) is 8.05. The van der Waals surface area contributed by atoms with E-state index in [1.807, 2.05) is 12.3 Å². The molecule has 0 atom stereocenters. The highest BCUT2D eigenvalue weighted by Gasteiger charge is 2.06. The normalized spacial score (nSPS) is 10.5. The van der Waals surface area contributed by atoms with Crippen LogP contribution >= 0.6 is 11.3 Å². The summed E-state index contributed by atoms with van der Waals surface area (Å²) in [6, 6.07) is 0. The molecular weight excluding hydrogens is 276 g/mol. The van der Waals surface area contributed by atoms with Crippen molar-refractivity contribution in [1.29, 1.82) is 0 Å². The molecule has 1 rings (SSSR count). The lowest BCUT2D eigenvalue weighted by molar-refractivity contribution is -0.143. The molecule has 0 aliphatic rings. The topological polar surface area (TPSA) is 60.5 Å². The first-order chi connectivity index (χ1) is 9.76. The predicted molar refractivity (Wildman–Crippen MR) is 81.3 cm³/mol. The van der Waals surface area contributed by atoms with Crippen molar-refractivity contribution in [3.8, 4) is 0 Å². The highest BCUT2D eigenvalue weighted by molar-refractivity contribution is 7.13. The molecule has 1 N–H and O–H groups in total. The number of nitrogens with one attached hydrogen (secondary N) is 1. The number of anilines is 1. The Bertz CT molecular complexity index is 382. The molecule has 20 heavy (non-hydrogen) atoms. The van der Waals surface area contributed by atoms with Crippen molar-refractivity contribution in [2.24, 2.45) is 0 Å². The fourth-order valence-corrected chi connectivity index (χ4v) is 2.36. The predicted octanol–water partition coefficient (Wildman–Crippen LogP) is 2.87. The maximum absolute atomic E-state index is 11.2. The van der Waals surface area contributed by atoms with Crippen LogP contribution in [-0.4, -0.2) is 37.3 Å². The monoisotopic (exact) mass is 300 g/mol. The molecule has 0 aliphatic heterocycles. The van der Waals surface area contributed by atoms with Crippen molar-refractivity contribution < 1.29 is 14.3 Å². The van der Waals surface area contributed by atoms with Gasteiger partial charge in [0.25, 0.3) is 0 Å². The zero-order chi connectivity index (χ0) is 14.6. The molecule has 0 saturated heterocycles. The molecule has 0 radical (unpaired) electrons. The molecule has 0 saturated carbocycles. The first kappa shape index (κ1) is 16.9. The fourth-order valence-electron chi connectivity index (χ4n) is 1.58. The smallest absolute Gasteiger partial charge is 0.306 e. The summed E-state index contributed by atoms with van der Waals surface area (Å²) in [5, 5.41) is 6.15. The van der Waals surface area contributed by atoms with Crippen LogP contribution < -0.4 is 5.32 Å². The highest BCUT2D eigenvalue weighted by Crippen LogP contribution is 2.16. The second-order valence-electron chi connectivity index (χ2n) is 4.34. The van der Waals surface area contributed by atoms with Crippen LogP contribution in [0.25, 0.3) is 0 Å². The van der Waals surface area contributed by atoms with E-state index in [1.165, 1.54) is 0 Å². The van der Waals surface area contributed by atoms with Crippen LogP contribution in [0.4, 0.5) is 5.13 Å². The molecule has 0 spiro atoms. The van der Waals surface area contributed by atoms with Crippen LogP contribution in [0.5, 0.6) is 0 Å². The van der Waals surface area contributed by atoms with E-state index in [1.54, 1.807) is 11.3 Å². The minimum atomic E-state index is -0.164. The quantitative estimate of drug-likeness (QED) is 0.503. The molecule has 1 aromatic rings. The van der Waals surface area contributed by atoms with Gasteiger partial charge in [0.1, 0.15) is 0 Å². The third kappa shape index (κ3) is 7.45. The van der Waals surface area contributed by atoms with Crippen LogP contribution in [0.3, 0.4) is 0 Å². The number of aryl methyl sites for hydroxylation is 1. The van der Waals surface area contributed by atoms with Gasteiger partial charge in [0.15, 0.2) is 5.13 Å². The van der Waals surface area contributed by atoms with Crippen molar-refractivity contribution in [2.75, 3.05) is 31.7 Å². The molecule has 0 bridgehead atoms. The minimum absolute atomic E-state index is 0.164. The fraction of sp³-hybridized carbons (Fsp3) is 0.714. The Morgan fingerprint density at radius 3 is 3.00 bits per heavy atom. The maximum Gasteiger partial charge on any atom is 0.306 e. The third-order valence-electron chi connectivity index (χ3n) is 2.53. The molecule has 6 heteroatoms. The largest absolute Gasteiger partial charge is 0.466 e. The van der Waals surface area contributed by atoms with Crippen molar-refractivity contribution >= 4 is 22.4 Å². The number of thiazole rings is 1. The average molecular weight is 300 g/mol. The molecule has 1 heterocycles. The summed E-state index contributed by atoms with van der Waals surface area (Å²) < 4.78 is 10.3. The number of esters is 1. The summed E-state index contributed by atoms with van der Waals surface area (Å²) in [7, 11) is 0. The first-order valence-electron chi connectivity index (χ1n) is 7.17. The second kappa shape index (κ2) is 10.6. The van der Waals surface area contributed by atoms with E-state index < -0.39 is 0 Å². The number of carbonyl (C=O) groups is 1. The Balaban J connectivity index is 2.14. The molecule has 5 nitrogen and oxygen atoms in total. The number of hydrogen-bond acceptors (Lipinski definition) is 6. The van der Waals surface area contributed by atoms with Crippen LogP contribution in [0.1, 0.15) is 38.8 Å². The van der Waals surface area contributed by atoms with Gasteiger partial charge in [0.05, 0.1) is 18.7 Å². The van der Waals surface area contributed by atoms with Gasteiger partial charge in [-0.2, -0.15) is 0 Å². The van der Waals surface area contributed by atoms with Gasteiger partial charge in [-0.25, -0.2) is 4.98 Å². The van der Waals surface area contributed by atoms with E-state index in [9.17, 15) is 4.79 Å². The third-order valence-corrected chi connectivity index (χ3v) is 3.38. The van der Waals surface area contributed by atoms with Gasteiger partial charge in [-0.1, -0.05) is 6.92 Å². The van der Waals surface area contributed by atoms with Gasteiger partial charge in [0.2, 0.25) is 0 Å². The number of aromatic nitrogens is 1. The molecule has 0 fully saturated rings. The molecule has 0 unspecified atom stereocenters. The minimum Gasteiger partial charge on any atom is -0.466 e. The second-order valence-corrected chi connectivity index (χ2v) is 5.20. The number of ether oxygens (including phenoxy) is 2. The van der Waals surface area contributed by atoms with Gasteiger partial charge in [-0.3, -0.25) is 4.79 Å². The standard InChI is InChI=1S/C14H24N2O3S/c1-3-9-18-10-5-8-15-14-16-12(11-20-14)6-7-13(17)19-4-2/h11H,3-10H2,1-2H3,(H,15,16). The van der Waals surface area contributed by atoms with E-state index in [0.717, 1.165) is 43.4 Å². The molecule has 1 aromatic heterocycles. The van der Waals surface area contributed by atoms with Crippen LogP contribution in [-0.2, 0) is 20.7 Å². The molecule has 114 valence electrons. The lowest BCUT2D eigenvalue weighted by Gasteiger charge is -2.03. The van der Waals surface area contributed by atoms with E-state index in [-0.39, 0.29) is 5.97 Å². The Labute approximate surface area is 124 Å². The number of carbonyl (C=O) groups excluding carboxylic acids is 1. The van der Waals surface area contributed by atoms with E-state index in [0.29, 0.717) is 19.4 Å². The van der Waals surface area contributed by atoms with Gasteiger partial charge in [-0.15, -0.1) is 11.3 Å². The Hall–Kier alpha value is -1.14. The molecule has 0 amide bonds. The summed E-state index contributed by atoms with van der Waals surface area (Å²) in [6.07, 6.45) is 3.06. The van der Waals surface area contributed by atoms with Crippen molar-refractivity contribution in [2.45, 2.75) is 39.5 Å². The lowest BCUT2D eigenvalue weighted by Crippen LogP contribution is -2.07. The average Bonchev–Trinajstić information content (AvgIpc) is 2.89.